The maximum absolute atomic E-state index is 12.6. The number of benzene rings is 2. The molecule has 1 N–H and O–H groups in total. The molecule has 0 atom stereocenters. The Labute approximate surface area is 163 Å². The number of rotatable bonds is 2. The van der Waals surface area contributed by atoms with Gasteiger partial charge in [-0.1, -0.05) is 23.5 Å². The third-order valence-electron chi connectivity index (χ3n) is 4.25. The van der Waals surface area contributed by atoms with Gasteiger partial charge in [0.15, 0.2) is 10.3 Å². The van der Waals surface area contributed by atoms with E-state index in [1.807, 2.05) is 35.2 Å². The van der Waals surface area contributed by atoms with E-state index in [0.717, 1.165) is 20.8 Å². The summed E-state index contributed by atoms with van der Waals surface area (Å²) < 4.78 is 28.2. The Balaban J connectivity index is 1.42. The van der Waals surface area contributed by atoms with Gasteiger partial charge >= 0.3 is 0 Å². The molecule has 0 aliphatic carbocycles. The van der Waals surface area contributed by atoms with E-state index in [1.54, 1.807) is 12.1 Å². The molecule has 0 saturated heterocycles. The van der Waals surface area contributed by atoms with Gasteiger partial charge in [0.1, 0.15) is 0 Å². The number of carbonyl (C=O) groups excluding carboxylic acids is 1. The van der Waals surface area contributed by atoms with Crippen LogP contribution in [0, 0.1) is 0 Å². The summed E-state index contributed by atoms with van der Waals surface area (Å²) in [6, 6.07) is 13.0. The first-order valence-corrected chi connectivity index (χ1v) is 11.3. The normalized spacial score (nSPS) is 17.3. The van der Waals surface area contributed by atoms with Crippen LogP contribution in [0.25, 0.3) is 10.2 Å². The summed E-state index contributed by atoms with van der Waals surface area (Å²) >= 11 is 2.69. The third kappa shape index (κ3) is 2.99. The molecule has 136 valence electrons. The van der Waals surface area contributed by atoms with E-state index in [0.29, 0.717) is 22.4 Å². The lowest BCUT2D eigenvalue weighted by Crippen LogP contribution is -2.35. The zero-order valence-corrected chi connectivity index (χ0v) is 16.2. The number of carbonyl (C=O) groups is 1. The van der Waals surface area contributed by atoms with Gasteiger partial charge in [0.2, 0.25) is 0 Å². The fourth-order valence-electron chi connectivity index (χ4n) is 2.97. The van der Waals surface area contributed by atoms with E-state index in [9.17, 15) is 13.2 Å². The van der Waals surface area contributed by atoms with Crippen LogP contribution in [0.5, 0.6) is 0 Å². The number of thiazole rings is 1. The van der Waals surface area contributed by atoms with Gasteiger partial charge in [-0.25, -0.2) is 13.4 Å². The van der Waals surface area contributed by atoms with Crippen molar-refractivity contribution in [2.45, 2.75) is 4.90 Å². The van der Waals surface area contributed by atoms with E-state index in [1.165, 1.54) is 23.1 Å². The molecule has 3 heterocycles. The molecule has 1 amide bonds. The molecule has 0 fully saturated rings. The fourth-order valence-corrected chi connectivity index (χ4v) is 6.12. The Kier molecular flexibility index (Phi) is 3.74. The molecule has 0 spiro atoms. The van der Waals surface area contributed by atoms with Crippen LogP contribution in [-0.4, -0.2) is 36.8 Å². The van der Waals surface area contributed by atoms with Crippen LogP contribution in [0.2, 0.25) is 0 Å². The Morgan fingerprint density at radius 1 is 1.19 bits per heavy atom. The van der Waals surface area contributed by atoms with Gasteiger partial charge in [-0.3, -0.25) is 10.1 Å². The molecule has 2 aliphatic rings. The SMILES string of the molecule is O=C(Nc1nc2ccccc2s1)c1ccc2c(c1)SC1=NS(=O)(=O)CCN12. The number of hydrogen-bond donors (Lipinski definition) is 1. The van der Waals surface area contributed by atoms with Crippen LogP contribution in [0.4, 0.5) is 10.8 Å². The number of thioether (sulfide) groups is 1. The number of para-hydroxylation sites is 1. The molecule has 0 radical (unpaired) electrons. The van der Waals surface area contributed by atoms with Gasteiger partial charge < -0.3 is 4.90 Å². The van der Waals surface area contributed by atoms with E-state index < -0.39 is 10.0 Å². The maximum atomic E-state index is 12.6. The average molecular weight is 417 g/mol. The van der Waals surface area contributed by atoms with Crippen molar-refractivity contribution in [1.29, 1.82) is 0 Å². The van der Waals surface area contributed by atoms with Crippen LogP contribution < -0.4 is 10.2 Å². The second-order valence-electron chi connectivity index (χ2n) is 6.04. The molecular formula is C17H12N4O3S3. The minimum atomic E-state index is -3.40. The van der Waals surface area contributed by atoms with Gasteiger partial charge in [0, 0.05) is 17.0 Å². The number of fused-ring (bicyclic) bond motifs is 4. The maximum Gasteiger partial charge on any atom is 0.257 e. The molecule has 5 rings (SSSR count). The van der Waals surface area contributed by atoms with Crippen molar-refractivity contribution in [1.82, 2.24) is 4.98 Å². The predicted octanol–water partition coefficient (Wildman–Crippen LogP) is 3.16. The van der Waals surface area contributed by atoms with E-state index in [-0.39, 0.29) is 11.7 Å². The second kappa shape index (κ2) is 6.04. The Morgan fingerprint density at radius 2 is 2.04 bits per heavy atom. The highest BCUT2D eigenvalue weighted by Gasteiger charge is 2.33. The Morgan fingerprint density at radius 3 is 2.89 bits per heavy atom. The Hall–Kier alpha value is -2.43. The quantitative estimate of drug-likeness (QED) is 0.690. The van der Waals surface area contributed by atoms with E-state index in [4.69, 9.17) is 0 Å². The highest BCUT2D eigenvalue weighted by atomic mass is 32.2. The van der Waals surface area contributed by atoms with Crippen LogP contribution in [-0.2, 0) is 10.0 Å². The third-order valence-corrected chi connectivity index (χ3v) is 7.51. The van der Waals surface area contributed by atoms with Gasteiger partial charge in [-0.2, -0.15) is 0 Å². The molecule has 27 heavy (non-hydrogen) atoms. The molecule has 3 aromatic rings. The number of anilines is 2. The first-order chi connectivity index (χ1) is 13.0. The first-order valence-electron chi connectivity index (χ1n) is 8.07. The second-order valence-corrected chi connectivity index (χ2v) is 9.83. The molecule has 2 aromatic carbocycles. The minimum absolute atomic E-state index is 0.00363. The summed E-state index contributed by atoms with van der Waals surface area (Å²) in [5.74, 6) is -0.257. The monoisotopic (exact) mass is 416 g/mol. The zero-order chi connectivity index (χ0) is 18.6. The van der Waals surface area contributed by atoms with Crippen molar-refractivity contribution in [2.24, 2.45) is 4.40 Å². The molecule has 0 saturated carbocycles. The first kappa shape index (κ1) is 16.7. The van der Waals surface area contributed by atoms with Crippen molar-refractivity contribution in [3.8, 4) is 0 Å². The lowest BCUT2D eigenvalue weighted by Gasteiger charge is -2.22. The number of hydrogen-bond acceptors (Lipinski definition) is 7. The van der Waals surface area contributed by atoms with Crippen molar-refractivity contribution in [2.75, 3.05) is 22.5 Å². The van der Waals surface area contributed by atoms with Crippen molar-refractivity contribution < 1.29 is 13.2 Å². The largest absolute Gasteiger partial charge is 0.318 e. The van der Waals surface area contributed by atoms with E-state index in [2.05, 4.69) is 14.7 Å². The average Bonchev–Trinajstić information content (AvgIpc) is 3.19. The summed E-state index contributed by atoms with van der Waals surface area (Å²) in [5.41, 5.74) is 2.22. The molecule has 0 unspecified atom stereocenters. The van der Waals surface area contributed by atoms with Gasteiger partial charge in [-0.15, -0.1) is 4.40 Å². The topological polar surface area (TPSA) is 91.7 Å². The molecule has 1 aromatic heterocycles. The Bertz CT molecular complexity index is 1200. The zero-order valence-electron chi connectivity index (χ0n) is 13.7. The van der Waals surface area contributed by atoms with Crippen LogP contribution >= 0.6 is 23.1 Å². The highest BCUT2D eigenvalue weighted by Crippen LogP contribution is 2.42. The lowest BCUT2D eigenvalue weighted by atomic mass is 10.2. The summed E-state index contributed by atoms with van der Waals surface area (Å²) in [6.07, 6.45) is 0. The van der Waals surface area contributed by atoms with Crippen LogP contribution in [0.1, 0.15) is 10.4 Å². The summed E-state index contributed by atoms with van der Waals surface area (Å²) in [4.78, 5) is 19.7. The van der Waals surface area contributed by atoms with Crippen LogP contribution in [0.15, 0.2) is 51.8 Å². The molecule has 2 aliphatic heterocycles. The van der Waals surface area contributed by atoms with Crippen molar-refractivity contribution in [3.05, 3.63) is 48.0 Å². The predicted molar refractivity (Wildman–Crippen MR) is 108 cm³/mol. The fraction of sp³-hybridized carbons (Fsp3) is 0.118. The van der Waals surface area contributed by atoms with Gasteiger partial charge in [-0.05, 0) is 42.1 Å². The number of nitrogens with one attached hydrogen (secondary N) is 1. The number of amides is 1. The number of sulfonamides is 1. The molecular weight excluding hydrogens is 404 g/mol. The van der Waals surface area contributed by atoms with Gasteiger partial charge in [0.25, 0.3) is 15.9 Å². The molecule has 10 heteroatoms. The van der Waals surface area contributed by atoms with Crippen LogP contribution in [0.3, 0.4) is 0 Å². The number of nitrogens with zero attached hydrogens (tertiary/aromatic N) is 3. The van der Waals surface area contributed by atoms with E-state index >= 15 is 0 Å². The summed E-state index contributed by atoms with van der Waals surface area (Å²) in [5, 5.41) is 3.82. The molecule has 0 bridgehead atoms. The number of amidine groups is 1. The van der Waals surface area contributed by atoms with Crippen molar-refractivity contribution >= 4 is 65.2 Å². The summed E-state index contributed by atoms with van der Waals surface area (Å²) in [6.45, 7) is 0.373. The lowest BCUT2D eigenvalue weighted by molar-refractivity contribution is 0.102. The standard InChI is InChI=1S/C17H12N4O3S3/c22-15(19-16-18-11-3-1-2-4-13(11)25-16)10-5-6-12-14(9-10)26-17-20-27(23,24)8-7-21(12)17/h1-6,9H,7-8H2,(H,18,19,22). The molecule has 7 nitrogen and oxygen atoms in total. The number of aromatic nitrogens is 1. The smallest absolute Gasteiger partial charge is 0.257 e. The highest BCUT2D eigenvalue weighted by molar-refractivity contribution is 8.15. The minimum Gasteiger partial charge on any atom is -0.318 e. The van der Waals surface area contributed by atoms with Gasteiger partial charge in [0.05, 0.1) is 21.7 Å². The van der Waals surface area contributed by atoms with Crippen molar-refractivity contribution in [3.63, 3.8) is 0 Å². The summed E-state index contributed by atoms with van der Waals surface area (Å²) in [7, 11) is -3.40.